The fourth-order valence-electron chi connectivity index (χ4n) is 1.46. The summed E-state index contributed by atoms with van der Waals surface area (Å²) in [5, 5.41) is 9.52. The molecule has 3 nitrogen and oxygen atoms in total. The number of aliphatic carboxylic acids is 1. The molecule has 1 aromatic carbocycles. The summed E-state index contributed by atoms with van der Waals surface area (Å²) in [6.07, 6.45) is 0. The average Bonchev–Trinajstić information content (AvgIpc) is 2.22. The second-order valence-electron chi connectivity index (χ2n) is 3.98. The van der Waals surface area contributed by atoms with E-state index in [4.69, 9.17) is 10.8 Å². The van der Waals surface area contributed by atoms with Gasteiger partial charge in [0.2, 0.25) is 0 Å². The van der Waals surface area contributed by atoms with Gasteiger partial charge < -0.3 is 10.8 Å². The van der Waals surface area contributed by atoms with E-state index in [-0.39, 0.29) is 6.54 Å². The van der Waals surface area contributed by atoms with E-state index in [1.165, 1.54) is 0 Å². The van der Waals surface area contributed by atoms with Crippen LogP contribution >= 0.6 is 27.7 Å². The number of carboxylic acid groups (broad SMARTS) is 1. The van der Waals surface area contributed by atoms with Crippen molar-refractivity contribution in [3.05, 3.63) is 28.2 Å². The van der Waals surface area contributed by atoms with E-state index in [0.717, 1.165) is 14.9 Å². The minimum Gasteiger partial charge on any atom is -0.481 e. The van der Waals surface area contributed by atoms with Crippen LogP contribution in [-0.4, -0.2) is 22.9 Å². The van der Waals surface area contributed by atoms with Crippen molar-refractivity contribution in [3.63, 3.8) is 0 Å². The number of nitrogens with two attached hydrogens (primary N) is 1. The third-order valence-corrected chi connectivity index (χ3v) is 4.25. The Bertz CT molecular complexity index is 409. The summed E-state index contributed by atoms with van der Waals surface area (Å²) in [4.78, 5) is 12.1. The number of halogens is 1. The summed E-state index contributed by atoms with van der Waals surface area (Å²) in [5.41, 5.74) is 6.21. The molecule has 1 aromatic rings. The van der Waals surface area contributed by atoms with Gasteiger partial charge in [0, 0.05) is 21.2 Å². The van der Waals surface area contributed by atoms with Crippen LogP contribution in [-0.2, 0) is 4.79 Å². The first kappa shape index (κ1) is 14.5. The van der Waals surface area contributed by atoms with E-state index in [0.29, 0.717) is 5.25 Å². The highest BCUT2D eigenvalue weighted by atomic mass is 79.9. The van der Waals surface area contributed by atoms with Crippen molar-refractivity contribution in [1.29, 1.82) is 0 Å². The summed E-state index contributed by atoms with van der Waals surface area (Å²) in [5.74, 6) is -1.52. The highest BCUT2D eigenvalue weighted by Gasteiger charge is 2.18. The number of carbonyl (C=O) groups is 1. The molecule has 5 heteroatoms. The molecule has 0 aliphatic rings. The zero-order valence-corrected chi connectivity index (χ0v) is 12.2. The summed E-state index contributed by atoms with van der Waals surface area (Å²) in [7, 11) is 0. The van der Waals surface area contributed by atoms with Gasteiger partial charge in [-0.2, -0.15) is 0 Å². The third kappa shape index (κ3) is 4.01. The fourth-order valence-corrected chi connectivity index (χ4v) is 2.97. The van der Waals surface area contributed by atoms with E-state index in [2.05, 4.69) is 29.8 Å². The summed E-state index contributed by atoms with van der Waals surface area (Å²) >= 11 is 5.20. The minimum atomic E-state index is -0.885. The fraction of sp³-hybridized carbons (Fsp3) is 0.417. The van der Waals surface area contributed by atoms with E-state index in [9.17, 15) is 4.79 Å². The van der Waals surface area contributed by atoms with Crippen LogP contribution in [0.4, 0.5) is 0 Å². The summed E-state index contributed by atoms with van der Waals surface area (Å²) < 4.78 is 0.924. The number of thioether (sulfide) groups is 1. The molecule has 17 heavy (non-hydrogen) atoms. The van der Waals surface area contributed by atoms with Crippen LogP contribution in [0, 0.1) is 0 Å². The van der Waals surface area contributed by atoms with Gasteiger partial charge in [0.05, 0.1) is 5.92 Å². The van der Waals surface area contributed by atoms with Crippen LogP contribution in [0.2, 0.25) is 0 Å². The first-order valence-corrected chi connectivity index (χ1v) is 7.02. The molecule has 3 N–H and O–H groups in total. The molecule has 1 unspecified atom stereocenters. The molecule has 0 aliphatic heterocycles. The maximum absolute atomic E-state index is 11.0. The van der Waals surface area contributed by atoms with Gasteiger partial charge in [-0.15, -0.1) is 11.8 Å². The maximum atomic E-state index is 11.0. The van der Waals surface area contributed by atoms with Gasteiger partial charge in [0.1, 0.15) is 0 Å². The van der Waals surface area contributed by atoms with Crippen LogP contribution < -0.4 is 5.73 Å². The van der Waals surface area contributed by atoms with Crippen LogP contribution in [0.25, 0.3) is 0 Å². The number of hydrogen-bond acceptors (Lipinski definition) is 3. The lowest BCUT2D eigenvalue weighted by Gasteiger charge is -2.13. The molecule has 1 rings (SSSR count). The summed E-state index contributed by atoms with van der Waals surface area (Å²) in [6.45, 7) is 4.34. The highest BCUT2D eigenvalue weighted by Crippen LogP contribution is 2.32. The van der Waals surface area contributed by atoms with E-state index < -0.39 is 11.9 Å². The zero-order chi connectivity index (χ0) is 13.0. The Morgan fingerprint density at radius 3 is 2.59 bits per heavy atom. The Morgan fingerprint density at radius 2 is 2.18 bits per heavy atom. The van der Waals surface area contributed by atoms with Gasteiger partial charge in [-0.3, -0.25) is 4.79 Å². The number of benzene rings is 1. The Kier molecular flexibility index (Phi) is 5.49. The quantitative estimate of drug-likeness (QED) is 0.819. The predicted molar refractivity (Wildman–Crippen MR) is 74.6 cm³/mol. The van der Waals surface area contributed by atoms with Gasteiger partial charge >= 0.3 is 5.97 Å². The molecule has 0 spiro atoms. The second-order valence-corrected chi connectivity index (χ2v) is 6.46. The van der Waals surface area contributed by atoms with Gasteiger partial charge in [-0.25, -0.2) is 0 Å². The number of carboxylic acids is 1. The first-order chi connectivity index (χ1) is 7.95. The predicted octanol–water partition coefficient (Wildman–Crippen LogP) is 3.08. The second kappa shape index (κ2) is 6.42. The molecular formula is C12H16BrNO2S. The monoisotopic (exact) mass is 317 g/mol. The van der Waals surface area contributed by atoms with Crippen molar-refractivity contribution in [2.45, 2.75) is 29.9 Å². The molecule has 0 radical (unpaired) electrons. The summed E-state index contributed by atoms with van der Waals surface area (Å²) in [6, 6.07) is 5.62. The lowest BCUT2D eigenvalue weighted by Crippen LogP contribution is -2.21. The molecule has 0 saturated heterocycles. The van der Waals surface area contributed by atoms with Gasteiger partial charge in [0.25, 0.3) is 0 Å². The van der Waals surface area contributed by atoms with E-state index in [1.54, 1.807) is 11.8 Å². The normalized spacial score (nSPS) is 12.8. The Hall–Kier alpha value is -0.520. The van der Waals surface area contributed by atoms with Crippen molar-refractivity contribution in [3.8, 4) is 0 Å². The third-order valence-electron chi connectivity index (χ3n) is 2.25. The Labute approximate surface area is 114 Å². The lowest BCUT2D eigenvalue weighted by atomic mass is 10.00. The first-order valence-electron chi connectivity index (χ1n) is 5.34. The molecule has 0 bridgehead atoms. The van der Waals surface area contributed by atoms with Crippen LogP contribution in [0.15, 0.2) is 27.6 Å². The SMILES string of the molecule is CC(C)Sc1ccc(C(CN)C(=O)O)cc1Br. The average molecular weight is 318 g/mol. The highest BCUT2D eigenvalue weighted by molar-refractivity contribution is 9.10. The molecule has 0 aromatic heterocycles. The van der Waals surface area contributed by atoms with Crippen molar-refractivity contribution in [1.82, 2.24) is 0 Å². The van der Waals surface area contributed by atoms with Crippen LogP contribution in [0.1, 0.15) is 25.3 Å². The van der Waals surface area contributed by atoms with Crippen molar-refractivity contribution < 1.29 is 9.90 Å². The molecule has 94 valence electrons. The maximum Gasteiger partial charge on any atom is 0.312 e. The topological polar surface area (TPSA) is 63.3 Å². The zero-order valence-electron chi connectivity index (χ0n) is 9.81. The minimum absolute atomic E-state index is 0.110. The molecule has 0 heterocycles. The lowest BCUT2D eigenvalue weighted by molar-refractivity contribution is -0.138. The van der Waals surface area contributed by atoms with E-state index in [1.807, 2.05) is 18.2 Å². The Morgan fingerprint density at radius 1 is 1.53 bits per heavy atom. The molecule has 0 saturated carbocycles. The number of rotatable bonds is 5. The number of hydrogen-bond donors (Lipinski definition) is 2. The molecule has 0 aliphatic carbocycles. The van der Waals surface area contributed by atoms with Crippen molar-refractivity contribution >= 4 is 33.7 Å². The molecule has 0 amide bonds. The molecular weight excluding hydrogens is 302 g/mol. The molecule has 0 fully saturated rings. The largest absolute Gasteiger partial charge is 0.481 e. The van der Waals surface area contributed by atoms with Gasteiger partial charge in [0.15, 0.2) is 0 Å². The van der Waals surface area contributed by atoms with Crippen LogP contribution in [0.5, 0.6) is 0 Å². The van der Waals surface area contributed by atoms with Crippen LogP contribution in [0.3, 0.4) is 0 Å². The smallest absolute Gasteiger partial charge is 0.312 e. The van der Waals surface area contributed by atoms with Crippen molar-refractivity contribution in [2.24, 2.45) is 5.73 Å². The molecule has 1 atom stereocenters. The Balaban J connectivity index is 2.99. The van der Waals surface area contributed by atoms with Gasteiger partial charge in [-0.1, -0.05) is 19.9 Å². The van der Waals surface area contributed by atoms with Crippen molar-refractivity contribution in [2.75, 3.05) is 6.54 Å². The van der Waals surface area contributed by atoms with E-state index >= 15 is 0 Å². The van der Waals surface area contributed by atoms with Gasteiger partial charge in [-0.05, 0) is 33.6 Å². The standard InChI is InChI=1S/C12H16BrNO2S/c1-7(2)17-11-4-3-8(5-10(11)13)9(6-14)12(15)16/h3-5,7,9H,6,14H2,1-2H3,(H,15,16).